The van der Waals surface area contributed by atoms with Gasteiger partial charge in [0.25, 0.3) is 0 Å². The average Bonchev–Trinajstić information content (AvgIpc) is 3.46. The molecule has 1 aromatic carbocycles. The zero-order chi connectivity index (χ0) is 20.9. The van der Waals surface area contributed by atoms with E-state index in [4.69, 9.17) is 17.4 Å². The van der Waals surface area contributed by atoms with Gasteiger partial charge in [0.2, 0.25) is 5.91 Å². The maximum Gasteiger partial charge on any atom is 0.240 e. The van der Waals surface area contributed by atoms with Gasteiger partial charge in [0.15, 0.2) is 0 Å². The Bertz CT molecular complexity index is 896. The molecule has 1 fully saturated rings. The van der Waals surface area contributed by atoms with Gasteiger partial charge in [0.05, 0.1) is 18.3 Å². The van der Waals surface area contributed by atoms with Crippen molar-refractivity contribution >= 4 is 23.1 Å². The highest BCUT2D eigenvalue weighted by molar-refractivity contribution is 5.93. The molecule has 3 N–H and O–H groups in total. The number of carbonyl (C=O) groups excluding carboxylic acids is 1. The lowest BCUT2D eigenvalue weighted by atomic mass is 10.0. The molecule has 0 saturated heterocycles. The SMILES string of the molecule is C#Cc1ccc(C2=CC(C)N(CC(=O)NC3(C#N)CC3)C(C)=N2)c(N)c1.CC. The first-order chi connectivity index (χ1) is 13.4. The smallest absolute Gasteiger partial charge is 0.240 e. The summed E-state index contributed by atoms with van der Waals surface area (Å²) in [7, 11) is 0. The summed E-state index contributed by atoms with van der Waals surface area (Å²) in [6.07, 6.45) is 8.81. The Kier molecular flexibility index (Phi) is 6.49. The number of benzene rings is 1. The van der Waals surface area contributed by atoms with Crippen LogP contribution in [0.2, 0.25) is 0 Å². The monoisotopic (exact) mass is 377 g/mol. The second-order valence-corrected chi connectivity index (χ2v) is 6.77. The van der Waals surface area contributed by atoms with E-state index < -0.39 is 5.54 Å². The van der Waals surface area contributed by atoms with Crippen molar-refractivity contribution in [3.05, 3.63) is 35.4 Å². The summed E-state index contributed by atoms with van der Waals surface area (Å²) in [4.78, 5) is 18.8. The molecule has 1 amide bonds. The molecule has 1 heterocycles. The molecule has 1 unspecified atom stereocenters. The van der Waals surface area contributed by atoms with E-state index in [1.54, 1.807) is 6.07 Å². The fraction of sp³-hybridized carbons (Fsp3) is 0.409. The number of amides is 1. The second kappa shape index (κ2) is 8.63. The highest BCUT2D eigenvalue weighted by Crippen LogP contribution is 2.34. The topological polar surface area (TPSA) is 94.5 Å². The number of nitriles is 1. The molecule has 0 bridgehead atoms. The van der Waals surface area contributed by atoms with E-state index in [0.29, 0.717) is 5.69 Å². The van der Waals surface area contributed by atoms with Gasteiger partial charge in [-0.25, -0.2) is 4.99 Å². The number of nitrogens with one attached hydrogen (secondary N) is 1. The number of anilines is 1. The fourth-order valence-electron chi connectivity index (χ4n) is 3.03. The van der Waals surface area contributed by atoms with Crippen LogP contribution in [0.5, 0.6) is 0 Å². The van der Waals surface area contributed by atoms with Crippen LogP contribution in [-0.4, -0.2) is 34.8 Å². The Labute approximate surface area is 167 Å². The molecule has 1 aliphatic heterocycles. The maximum absolute atomic E-state index is 12.3. The van der Waals surface area contributed by atoms with Crippen molar-refractivity contribution in [2.75, 3.05) is 12.3 Å². The van der Waals surface area contributed by atoms with E-state index in [2.05, 4.69) is 22.3 Å². The first-order valence-corrected chi connectivity index (χ1v) is 9.50. The number of carbonyl (C=O) groups is 1. The molecule has 3 rings (SSSR count). The van der Waals surface area contributed by atoms with Gasteiger partial charge in [-0.2, -0.15) is 5.26 Å². The average molecular weight is 377 g/mol. The molecule has 146 valence electrons. The van der Waals surface area contributed by atoms with Crippen molar-refractivity contribution in [2.45, 2.75) is 52.1 Å². The maximum atomic E-state index is 12.3. The Hall–Kier alpha value is -3.25. The number of nitrogen functional groups attached to an aromatic ring is 1. The predicted octanol–water partition coefficient (Wildman–Crippen LogP) is 2.91. The normalized spacial score (nSPS) is 19.1. The van der Waals surface area contributed by atoms with Crippen LogP contribution in [0.3, 0.4) is 0 Å². The zero-order valence-electron chi connectivity index (χ0n) is 16.9. The molecule has 1 saturated carbocycles. The van der Waals surface area contributed by atoms with Crippen LogP contribution in [0, 0.1) is 23.7 Å². The van der Waals surface area contributed by atoms with Gasteiger partial charge in [-0.1, -0.05) is 19.8 Å². The van der Waals surface area contributed by atoms with Gasteiger partial charge in [-0.3, -0.25) is 4.79 Å². The van der Waals surface area contributed by atoms with Crippen molar-refractivity contribution in [2.24, 2.45) is 4.99 Å². The van der Waals surface area contributed by atoms with E-state index in [-0.39, 0.29) is 18.5 Å². The molecule has 6 heteroatoms. The molecular weight excluding hydrogens is 350 g/mol. The number of rotatable bonds is 4. The van der Waals surface area contributed by atoms with E-state index >= 15 is 0 Å². The Morgan fingerprint density at radius 3 is 2.64 bits per heavy atom. The van der Waals surface area contributed by atoms with Crippen LogP contribution in [-0.2, 0) is 4.79 Å². The summed E-state index contributed by atoms with van der Waals surface area (Å²) in [5.74, 6) is 3.12. The van der Waals surface area contributed by atoms with Gasteiger partial charge < -0.3 is 16.0 Å². The van der Waals surface area contributed by atoms with Crippen LogP contribution in [0.25, 0.3) is 5.70 Å². The zero-order valence-corrected chi connectivity index (χ0v) is 16.9. The quantitative estimate of drug-likeness (QED) is 0.623. The molecule has 1 aliphatic carbocycles. The van der Waals surface area contributed by atoms with Crippen LogP contribution < -0.4 is 11.1 Å². The number of hydrogen-bond acceptors (Lipinski definition) is 5. The summed E-state index contributed by atoms with van der Waals surface area (Å²) in [5.41, 5.74) is 8.34. The van der Waals surface area contributed by atoms with Gasteiger partial charge >= 0.3 is 0 Å². The van der Waals surface area contributed by atoms with Crippen molar-refractivity contribution in [3.8, 4) is 18.4 Å². The van der Waals surface area contributed by atoms with Crippen LogP contribution in [0.4, 0.5) is 5.69 Å². The molecule has 0 spiro atoms. The van der Waals surface area contributed by atoms with Gasteiger partial charge in [0, 0.05) is 22.9 Å². The third-order valence-electron chi connectivity index (χ3n) is 4.74. The van der Waals surface area contributed by atoms with Crippen LogP contribution in [0.1, 0.15) is 51.7 Å². The van der Waals surface area contributed by atoms with Gasteiger partial charge in [-0.05, 0) is 51.0 Å². The lowest BCUT2D eigenvalue weighted by Gasteiger charge is -2.32. The van der Waals surface area contributed by atoms with E-state index in [9.17, 15) is 4.79 Å². The Morgan fingerprint density at radius 1 is 1.46 bits per heavy atom. The Balaban J connectivity index is 0.00000136. The second-order valence-electron chi connectivity index (χ2n) is 6.77. The highest BCUT2D eigenvalue weighted by Gasteiger charge is 2.44. The van der Waals surface area contributed by atoms with E-state index in [1.807, 2.05) is 50.8 Å². The van der Waals surface area contributed by atoms with Crippen molar-refractivity contribution < 1.29 is 4.79 Å². The summed E-state index contributed by atoms with van der Waals surface area (Å²) >= 11 is 0. The predicted molar refractivity (Wildman–Crippen MR) is 113 cm³/mol. The van der Waals surface area contributed by atoms with Crippen LogP contribution in [0.15, 0.2) is 29.3 Å². The number of nitrogens with zero attached hydrogens (tertiary/aromatic N) is 3. The lowest BCUT2D eigenvalue weighted by Crippen LogP contribution is -2.47. The van der Waals surface area contributed by atoms with E-state index in [0.717, 1.165) is 35.5 Å². The van der Waals surface area contributed by atoms with Gasteiger partial charge in [-0.15, -0.1) is 6.42 Å². The molecule has 28 heavy (non-hydrogen) atoms. The summed E-state index contributed by atoms with van der Waals surface area (Å²) in [6, 6.07) is 7.59. The Morgan fingerprint density at radius 2 is 2.14 bits per heavy atom. The highest BCUT2D eigenvalue weighted by atomic mass is 16.2. The third-order valence-corrected chi connectivity index (χ3v) is 4.74. The van der Waals surface area contributed by atoms with Crippen molar-refractivity contribution in [1.82, 2.24) is 10.2 Å². The number of amidine groups is 1. The largest absolute Gasteiger partial charge is 0.398 e. The first-order valence-electron chi connectivity index (χ1n) is 9.50. The van der Waals surface area contributed by atoms with Crippen LogP contribution >= 0.6 is 0 Å². The number of hydrogen-bond donors (Lipinski definition) is 2. The molecule has 1 aromatic rings. The van der Waals surface area contributed by atoms with E-state index in [1.165, 1.54) is 0 Å². The van der Waals surface area contributed by atoms with Crippen molar-refractivity contribution in [1.29, 1.82) is 5.26 Å². The summed E-state index contributed by atoms with van der Waals surface area (Å²) in [5, 5.41) is 11.9. The van der Waals surface area contributed by atoms with Gasteiger partial charge in [0.1, 0.15) is 11.4 Å². The molecule has 2 aliphatic rings. The molecule has 0 radical (unpaired) electrons. The first kappa shape index (κ1) is 21.1. The molecule has 0 aromatic heterocycles. The standard InChI is InChI=1S/C20H21N5O.C2H6/c1-4-15-5-6-16(17(22)10-15)18-9-13(2)25(14(3)23-18)11-19(26)24-20(12-21)7-8-20;1-2/h1,5-6,9-10,13H,7-8,11,22H2,2-3H3,(H,24,26);1-2H3. The summed E-state index contributed by atoms with van der Waals surface area (Å²) < 4.78 is 0. The minimum Gasteiger partial charge on any atom is -0.398 e. The minimum atomic E-state index is -0.657. The fourth-order valence-corrected chi connectivity index (χ4v) is 3.03. The van der Waals surface area contributed by atoms with Crippen molar-refractivity contribution in [3.63, 3.8) is 0 Å². The lowest BCUT2D eigenvalue weighted by molar-refractivity contribution is -0.122. The third kappa shape index (κ3) is 4.53. The molecule has 6 nitrogen and oxygen atoms in total. The number of terminal acetylenes is 1. The number of nitrogens with two attached hydrogens (primary N) is 1. The summed E-state index contributed by atoms with van der Waals surface area (Å²) in [6.45, 7) is 8.02. The molecule has 1 atom stereocenters. The molecular formula is C22H27N5O. The minimum absolute atomic E-state index is 0.0304. The number of aliphatic imine (C=N–C) groups is 1.